The van der Waals surface area contributed by atoms with Crippen molar-refractivity contribution in [3.8, 4) is 5.75 Å². The number of para-hydroxylation sites is 1. The predicted octanol–water partition coefficient (Wildman–Crippen LogP) is 3.47. The third-order valence-corrected chi connectivity index (χ3v) is 4.10. The summed E-state index contributed by atoms with van der Waals surface area (Å²) in [6.45, 7) is 0. The summed E-state index contributed by atoms with van der Waals surface area (Å²) in [5.74, 6) is 0.561. The van der Waals surface area contributed by atoms with Crippen molar-refractivity contribution in [2.75, 3.05) is 12.4 Å². The van der Waals surface area contributed by atoms with Crippen molar-refractivity contribution in [3.63, 3.8) is 0 Å². The average molecular weight is 356 g/mol. The smallest absolute Gasteiger partial charge is 0.269 e. The van der Waals surface area contributed by atoms with Crippen LogP contribution in [0, 0.1) is 10.1 Å². The first kappa shape index (κ1) is 16.8. The normalized spacial score (nSPS) is 10.6. The number of thiocarbonyl (C=S) groups is 1. The van der Waals surface area contributed by atoms with Gasteiger partial charge in [-0.2, -0.15) is 0 Å². The van der Waals surface area contributed by atoms with Gasteiger partial charge in [0.15, 0.2) is 0 Å². The molecule has 0 unspecified atom stereocenters. The number of non-ortho nitro benzene ring substituents is 1. The maximum atomic E-state index is 11.0. The van der Waals surface area contributed by atoms with E-state index in [0.29, 0.717) is 22.7 Å². The standard InChI is InChI=1S/C17H16N4O3S/c1-20-10-18-17-13(4-3-5-14(17)20)19-16(25)9-11-8-12(21(22)23)6-7-15(11)24-2/h3-8,10H,9H2,1-2H3,(H,19,25). The van der Waals surface area contributed by atoms with Gasteiger partial charge in [-0.25, -0.2) is 4.98 Å². The number of rotatable bonds is 5. The summed E-state index contributed by atoms with van der Waals surface area (Å²) in [5.41, 5.74) is 3.26. The van der Waals surface area contributed by atoms with E-state index < -0.39 is 4.92 Å². The molecule has 25 heavy (non-hydrogen) atoms. The van der Waals surface area contributed by atoms with Crippen molar-refractivity contribution >= 4 is 39.6 Å². The maximum Gasteiger partial charge on any atom is 0.269 e. The van der Waals surface area contributed by atoms with Gasteiger partial charge in [0.25, 0.3) is 5.69 Å². The lowest BCUT2D eigenvalue weighted by Gasteiger charge is -2.11. The first-order valence-electron chi connectivity index (χ1n) is 7.51. The van der Waals surface area contributed by atoms with E-state index in [1.54, 1.807) is 12.4 Å². The molecule has 3 aromatic rings. The molecule has 0 aliphatic carbocycles. The molecule has 0 saturated heterocycles. The summed E-state index contributed by atoms with van der Waals surface area (Å²) in [6, 6.07) is 10.3. The number of methoxy groups -OCH3 is 1. The largest absolute Gasteiger partial charge is 0.496 e. The summed E-state index contributed by atoms with van der Waals surface area (Å²) >= 11 is 5.43. The van der Waals surface area contributed by atoms with E-state index in [1.165, 1.54) is 19.2 Å². The summed E-state index contributed by atoms with van der Waals surface area (Å²) in [5, 5.41) is 14.2. The number of aryl methyl sites for hydroxylation is 1. The van der Waals surface area contributed by atoms with Crippen LogP contribution in [0.4, 0.5) is 11.4 Å². The van der Waals surface area contributed by atoms with Crippen LogP contribution in [0.3, 0.4) is 0 Å². The maximum absolute atomic E-state index is 11.0. The molecule has 8 heteroatoms. The number of nitro groups is 1. The number of benzene rings is 2. The van der Waals surface area contributed by atoms with Crippen LogP contribution < -0.4 is 10.1 Å². The molecule has 0 spiro atoms. The van der Waals surface area contributed by atoms with Crippen molar-refractivity contribution in [3.05, 3.63) is 58.4 Å². The Kier molecular flexibility index (Phi) is 4.62. The van der Waals surface area contributed by atoms with Crippen molar-refractivity contribution in [2.45, 2.75) is 6.42 Å². The van der Waals surface area contributed by atoms with Crippen molar-refractivity contribution in [1.29, 1.82) is 0 Å². The van der Waals surface area contributed by atoms with Gasteiger partial charge in [0.2, 0.25) is 0 Å². The minimum Gasteiger partial charge on any atom is -0.496 e. The fourth-order valence-corrected chi connectivity index (χ4v) is 2.91. The fourth-order valence-electron chi connectivity index (χ4n) is 2.64. The number of nitro benzene ring substituents is 1. The van der Waals surface area contributed by atoms with E-state index >= 15 is 0 Å². The van der Waals surface area contributed by atoms with Crippen LogP contribution >= 0.6 is 12.2 Å². The van der Waals surface area contributed by atoms with Crippen molar-refractivity contribution in [2.24, 2.45) is 7.05 Å². The number of nitrogens with zero attached hydrogens (tertiary/aromatic N) is 3. The SMILES string of the molecule is COc1ccc([N+](=O)[O-])cc1CC(=S)Nc1cccc2c1ncn2C. The molecule has 1 aromatic heterocycles. The molecule has 0 amide bonds. The Morgan fingerprint density at radius 3 is 2.92 bits per heavy atom. The summed E-state index contributed by atoms with van der Waals surface area (Å²) in [7, 11) is 3.45. The predicted molar refractivity (Wildman–Crippen MR) is 100 cm³/mol. The summed E-state index contributed by atoms with van der Waals surface area (Å²) < 4.78 is 7.20. The first-order chi connectivity index (χ1) is 12.0. The van der Waals surface area contributed by atoms with E-state index in [9.17, 15) is 10.1 Å². The summed E-state index contributed by atoms with van der Waals surface area (Å²) in [4.78, 5) is 15.4. The van der Waals surface area contributed by atoms with Gasteiger partial charge in [0, 0.05) is 31.2 Å². The molecule has 0 aliphatic rings. The minimum atomic E-state index is -0.436. The third kappa shape index (κ3) is 3.43. The van der Waals surface area contributed by atoms with E-state index in [2.05, 4.69) is 10.3 Å². The Morgan fingerprint density at radius 1 is 1.40 bits per heavy atom. The van der Waals surface area contributed by atoms with Gasteiger partial charge in [0.1, 0.15) is 11.3 Å². The highest BCUT2D eigenvalue weighted by Gasteiger charge is 2.14. The first-order valence-corrected chi connectivity index (χ1v) is 7.91. The monoisotopic (exact) mass is 356 g/mol. The van der Waals surface area contributed by atoms with E-state index in [4.69, 9.17) is 17.0 Å². The van der Waals surface area contributed by atoms with Crippen LogP contribution in [-0.2, 0) is 13.5 Å². The highest BCUT2D eigenvalue weighted by atomic mass is 32.1. The number of hydrogen-bond acceptors (Lipinski definition) is 5. The lowest BCUT2D eigenvalue weighted by atomic mass is 10.1. The minimum absolute atomic E-state index is 0.00503. The average Bonchev–Trinajstić information content (AvgIpc) is 2.97. The van der Waals surface area contributed by atoms with Crippen LogP contribution in [0.15, 0.2) is 42.7 Å². The van der Waals surface area contributed by atoms with Gasteiger partial charge < -0.3 is 14.6 Å². The molecular weight excluding hydrogens is 340 g/mol. The molecule has 1 N–H and O–H groups in total. The second kappa shape index (κ2) is 6.86. The van der Waals surface area contributed by atoms with E-state index in [1.807, 2.05) is 29.8 Å². The van der Waals surface area contributed by atoms with Crippen LogP contribution in [0.2, 0.25) is 0 Å². The Morgan fingerprint density at radius 2 is 2.20 bits per heavy atom. The molecule has 1 heterocycles. The van der Waals surface area contributed by atoms with Gasteiger partial charge in [-0.3, -0.25) is 10.1 Å². The Labute approximate surface area is 149 Å². The molecule has 3 rings (SSSR count). The number of aromatic nitrogens is 2. The highest BCUT2D eigenvalue weighted by molar-refractivity contribution is 7.80. The van der Waals surface area contributed by atoms with Crippen LogP contribution in [0.25, 0.3) is 11.0 Å². The molecular formula is C17H16N4O3S. The molecule has 0 atom stereocenters. The van der Waals surface area contributed by atoms with Gasteiger partial charge in [0.05, 0.1) is 34.6 Å². The Bertz CT molecular complexity index is 968. The van der Waals surface area contributed by atoms with Gasteiger partial charge in [-0.15, -0.1) is 0 Å². The lowest BCUT2D eigenvalue weighted by Crippen LogP contribution is -2.13. The molecule has 7 nitrogen and oxygen atoms in total. The zero-order valence-electron chi connectivity index (χ0n) is 13.7. The molecule has 0 fully saturated rings. The quantitative estimate of drug-likeness (QED) is 0.428. The van der Waals surface area contributed by atoms with Crippen LogP contribution in [0.5, 0.6) is 5.75 Å². The van der Waals surface area contributed by atoms with E-state index in [-0.39, 0.29) is 5.69 Å². The fraction of sp³-hybridized carbons (Fsp3) is 0.176. The van der Waals surface area contributed by atoms with Crippen LogP contribution in [0.1, 0.15) is 5.56 Å². The van der Waals surface area contributed by atoms with Gasteiger partial charge in [-0.05, 0) is 18.2 Å². The van der Waals surface area contributed by atoms with Crippen molar-refractivity contribution in [1.82, 2.24) is 9.55 Å². The number of hydrogen-bond donors (Lipinski definition) is 1. The van der Waals surface area contributed by atoms with Gasteiger partial charge in [-0.1, -0.05) is 18.3 Å². The lowest BCUT2D eigenvalue weighted by molar-refractivity contribution is -0.384. The topological polar surface area (TPSA) is 82.2 Å². The third-order valence-electron chi connectivity index (χ3n) is 3.85. The molecule has 0 bridgehead atoms. The molecule has 0 aliphatic heterocycles. The Hall–Kier alpha value is -3.00. The van der Waals surface area contributed by atoms with Crippen LogP contribution in [-0.4, -0.2) is 26.6 Å². The molecule has 0 radical (unpaired) electrons. The highest BCUT2D eigenvalue weighted by Crippen LogP contribution is 2.26. The van der Waals surface area contributed by atoms with E-state index in [0.717, 1.165) is 16.7 Å². The summed E-state index contributed by atoms with van der Waals surface area (Å²) in [6.07, 6.45) is 2.06. The number of ether oxygens (including phenoxy) is 1. The Balaban J connectivity index is 1.85. The van der Waals surface area contributed by atoms with Gasteiger partial charge >= 0.3 is 0 Å². The molecule has 0 saturated carbocycles. The zero-order chi connectivity index (χ0) is 18.0. The zero-order valence-corrected chi connectivity index (χ0v) is 14.5. The van der Waals surface area contributed by atoms with Crippen molar-refractivity contribution < 1.29 is 9.66 Å². The number of anilines is 1. The number of fused-ring (bicyclic) bond motifs is 1. The second-order valence-electron chi connectivity index (χ2n) is 5.51. The second-order valence-corrected chi connectivity index (χ2v) is 6.00. The number of imidazole rings is 1. The number of nitrogens with one attached hydrogen (secondary N) is 1. The molecule has 128 valence electrons. The molecule has 2 aromatic carbocycles.